The molecule has 100 valence electrons. The number of carboxylic acids is 1. The summed E-state index contributed by atoms with van der Waals surface area (Å²) in [6.07, 6.45) is 1.80. The van der Waals surface area contributed by atoms with Gasteiger partial charge in [-0.1, -0.05) is 11.6 Å². The summed E-state index contributed by atoms with van der Waals surface area (Å²) in [5.41, 5.74) is 0.699. The van der Waals surface area contributed by atoms with E-state index >= 15 is 0 Å². The van der Waals surface area contributed by atoms with E-state index < -0.39 is 5.97 Å². The summed E-state index contributed by atoms with van der Waals surface area (Å²) in [5.74, 6) is -1.01. The third kappa shape index (κ3) is 3.24. The van der Waals surface area contributed by atoms with Crippen molar-refractivity contribution in [1.29, 1.82) is 0 Å². The first-order chi connectivity index (χ1) is 8.97. The van der Waals surface area contributed by atoms with Crippen molar-refractivity contribution in [3.63, 3.8) is 0 Å². The number of anilines is 1. The van der Waals surface area contributed by atoms with Crippen LogP contribution in [0.2, 0.25) is 5.02 Å². The molecule has 1 heterocycles. The largest absolute Gasteiger partial charge is 0.478 e. The minimum Gasteiger partial charge on any atom is -0.478 e. The Morgan fingerprint density at radius 1 is 1.53 bits per heavy atom. The van der Waals surface area contributed by atoms with Gasteiger partial charge in [0.1, 0.15) is 5.01 Å². The molecule has 4 nitrogen and oxygen atoms in total. The molecule has 2 N–H and O–H groups in total. The van der Waals surface area contributed by atoms with Gasteiger partial charge in [0.05, 0.1) is 11.6 Å². The molecule has 1 aromatic heterocycles. The van der Waals surface area contributed by atoms with E-state index in [0.29, 0.717) is 10.7 Å². The van der Waals surface area contributed by atoms with Gasteiger partial charge in [0.2, 0.25) is 0 Å². The summed E-state index contributed by atoms with van der Waals surface area (Å²) in [4.78, 5) is 16.6. The molecule has 0 aliphatic carbocycles. The van der Waals surface area contributed by atoms with E-state index in [-0.39, 0.29) is 11.6 Å². The van der Waals surface area contributed by atoms with Crippen LogP contribution in [0, 0.1) is 6.92 Å². The first-order valence-corrected chi connectivity index (χ1v) is 6.88. The second kappa shape index (κ2) is 5.59. The topological polar surface area (TPSA) is 62.2 Å². The van der Waals surface area contributed by atoms with Gasteiger partial charge in [-0.3, -0.25) is 0 Å². The minimum atomic E-state index is -1.01. The molecule has 1 atom stereocenters. The molecule has 0 fully saturated rings. The van der Waals surface area contributed by atoms with Gasteiger partial charge < -0.3 is 10.4 Å². The molecule has 19 heavy (non-hydrogen) atoms. The van der Waals surface area contributed by atoms with Crippen molar-refractivity contribution >= 4 is 34.6 Å². The maximum atomic E-state index is 11.2. The van der Waals surface area contributed by atoms with Crippen LogP contribution in [0.5, 0.6) is 0 Å². The van der Waals surface area contributed by atoms with Crippen LogP contribution in [0.1, 0.15) is 33.2 Å². The Hall–Kier alpha value is -1.59. The number of rotatable bonds is 4. The van der Waals surface area contributed by atoms with Gasteiger partial charge in [-0.25, -0.2) is 9.78 Å². The first kappa shape index (κ1) is 13.8. The fourth-order valence-corrected chi connectivity index (χ4v) is 2.64. The second-order valence-corrected chi connectivity index (χ2v) is 5.87. The number of carboxylic acid groups (broad SMARTS) is 1. The van der Waals surface area contributed by atoms with Crippen LogP contribution in [0.15, 0.2) is 24.4 Å². The van der Waals surface area contributed by atoms with Crippen molar-refractivity contribution in [2.75, 3.05) is 5.32 Å². The van der Waals surface area contributed by atoms with Crippen LogP contribution in [-0.2, 0) is 0 Å². The van der Waals surface area contributed by atoms with Gasteiger partial charge in [-0.05, 0) is 32.0 Å². The van der Waals surface area contributed by atoms with Gasteiger partial charge in [0.15, 0.2) is 0 Å². The maximum Gasteiger partial charge on any atom is 0.337 e. The summed E-state index contributed by atoms with van der Waals surface area (Å²) < 4.78 is 0. The second-order valence-electron chi connectivity index (χ2n) is 4.17. The molecule has 0 saturated heterocycles. The van der Waals surface area contributed by atoms with Crippen LogP contribution in [0.3, 0.4) is 0 Å². The number of benzene rings is 1. The summed E-state index contributed by atoms with van der Waals surface area (Å²) in [6, 6.07) is 4.71. The molecule has 0 bridgehead atoms. The zero-order valence-corrected chi connectivity index (χ0v) is 12.0. The lowest BCUT2D eigenvalue weighted by atomic mass is 10.1. The first-order valence-electron chi connectivity index (χ1n) is 5.69. The number of hydrogen-bond acceptors (Lipinski definition) is 4. The molecule has 0 amide bonds. The smallest absolute Gasteiger partial charge is 0.337 e. The fraction of sp³-hybridized carbons (Fsp3) is 0.231. The number of nitrogens with zero attached hydrogens (tertiary/aromatic N) is 1. The number of aromatic carboxylic acids is 1. The Morgan fingerprint density at radius 3 is 2.84 bits per heavy atom. The highest BCUT2D eigenvalue weighted by Gasteiger charge is 2.15. The lowest BCUT2D eigenvalue weighted by Gasteiger charge is -2.15. The lowest BCUT2D eigenvalue weighted by Crippen LogP contribution is -2.10. The van der Waals surface area contributed by atoms with Gasteiger partial charge in [-0.2, -0.15) is 0 Å². The monoisotopic (exact) mass is 296 g/mol. The van der Waals surface area contributed by atoms with E-state index in [0.717, 1.165) is 9.88 Å². The molecule has 0 aliphatic heterocycles. The van der Waals surface area contributed by atoms with E-state index in [1.54, 1.807) is 29.7 Å². The van der Waals surface area contributed by atoms with Crippen molar-refractivity contribution in [1.82, 2.24) is 4.98 Å². The number of hydrogen-bond donors (Lipinski definition) is 2. The van der Waals surface area contributed by atoms with Gasteiger partial charge in [0, 0.05) is 21.8 Å². The summed E-state index contributed by atoms with van der Waals surface area (Å²) in [6.45, 7) is 3.93. The molecule has 6 heteroatoms. The minimum absolute atomic E-state index is 0.0574. The van der Waals surface area contributed by atoms with E-state index in [9.17, 15) is 4.79 Å². The number of aromatic nitrogens is 1. The van der Waals surface area contributed by atoms with Crippen molar-refractivity contribution < 1.29 is 9.90 Å². The van der Waals surface area contributed by atoms with Crippen LogP contribution >= 0.6 is 22.9 Å². The van der Waals surface area contributed by atoms with E-state index in [1.165, 1.54) is 6.07 Å². The number of thiazole rings is 1. The standard InChI is InChI=1S/C13H13ClN2O2S/c1-7-6-15-12(19-7)8(2)16-11-4-3-9(14)5-10(11)13(17)18/h3-6,8,16H,1-2H3,(H,17,18). The van der Waals surface area contributed by atoms with Crippen LogP contribution in [0.25, 0.3) is 0 Å². The molecule has 0 spiro atoms. The van der Waals surface area contributed by atoms with Crippen LogP contribution in [0.4, 0.5) is 5.69 Å². The van der Waals surface area contributed by atoms with Gasteiger partial charge in [0.25, 0.3) is 0 Å². The van der Waals surface area contributed by atoms with Crippen LogP contribution < -0.4 is 5.32 Å². The molecule has 1 aromatic carbocycles. The molecule has 0 radical (unpaired) electrons. The van der Waals surface area contributed by atoms with Crippen LogP contribution in [-0.4, -0.2) is 16.1 Å². The van der Waals surface area contributed by atoms with Crippen molar-refractivity contribution in [2.45, 2.75) is 19.9 Å². The predicted octanol–water partition coefficient (Wildman–Crippen LogP) is 3.98. The Balaban J connectivity index is 2.26. The summed E-state index contributed by atoms with van der Waals surface area (Å²) >= 11 is 7.40. The SMILES string of the molecule is Cc1cnc(C(C)Nc2ccc(Cl)cc2C(=O)O)s1. The normalized spacial score (nSPS) is 12.2. The molecule has 2 rings (SSSR count). The van der Waals surface area contributed by atoms with E-state index in [1.807, 2.05) is 13.8 Å². The number of nitrogens with one attached hydrogen (secondary N) is 1. The molecule has 0 saturated carbocycles. The molecule has 1 unspecified atom stereocenters. The quantitative estimate of drug-likeness (QED) is 0.896. The maximum absolute atomic E-state index is 11.2. The molecule has 2 aromatic rings. The Bertz CT molecular complexity index is 612. The number of carbonyl (C=O) groups is 1. The highest BCUT2D eigenvalue weighted by Crippen LogP contribution is 2.27. The Kier molecular flexibility index (Phi) is 4.07. The number of aryl methyl sites for hydroxylation is 1. The molecular weight excluding hydrogens is 284 g/mol. The average molecular weight is 297 g/mol. The molecular formula is C13H13ClN2O2S. The van der Waals surface area contributed by atoms with Crippen molar-refractivity contribution in [3.8, 4) is 0 Å². The summed E-state index contributed by atoms with van der Waals surface area (Å²) in [7, 11) is 0. The zero-order chi connectivity index (χ0) is 14.0. The lowest BCUT2D eigenvalue weighted by molar-refractivity contribution is 0.0698. The fourth-order valence-electron chi connectivity index (χ4n) is 1.69. The number of halogens is 1. The van der Waals surface area contributed by atoms with Crippen molar-refractivity contribution in [2.24, 2.45) is 0 Å². The molecule has 0 aliphatic rings. The van der Waals surface area contributed by atoms with Gasteiger partial charge >= 0.3 is 5.97 Å². The Morgan fingerprint density at radius 2 is 2.26 bits per heavy atom. The third-order valence-corrected chi connectivity index (χ3v) is 3.92. The summed E-state index contributed by atoms with van der Waals surface area (Å²) in [5, 5.41) is 13.6. The van der Waals surface area contributed by atoms with E-state index in [4.69, 9.17) is 16.7 Å². The highest BCUT2D eigenvalue weighted by atomic mass is 35.5. The van der Waals surface area contributed by atoms with Gasteiger partial charge in [-0.15, -0.1) is 11.3 Å². The highest BCUT2D eigenvalue weighted by molar-refractivity contribution is 7.11. The Labute approximate surface area is 120 Å². The third-order valence-electron chi connectivity index (χ3n) is 2.59. The zero-order valence-electron chi connectivity index (χ0n) is 10.5. The van der Waals surface area contributed by atoms with Crippen molar-refractivity contribution in [3.05, 3.63) is 44.9 Å². The predicted molar refractivity (Wildman–Crippen MR) is 77.3 cm³/mol. The van der Waals surface area contributed by atoms with E-state index in [2.05, 4.69) is 10.3 Å². The average Bonchev–Trinajstić information content (AvgIpc) is 2.78.